The summed E-state index contributed by atoms with van der Waals surface area (Å²) in [6.07, 6.45) is 0. The number of rotatable bonds is 5. The van der Waals surface area contributed by atoms with Gasteiger partial charge in [-0.3, -0.25) is 9.59 Å². The van der Waals surface area contributed by atoms with Crippen molar-refractivity contribution in [2.75, 3.05) is 32.1 Å². The number of carbonyl (C=O) groups excluding carboxylic acids is 3. The van der Waals surface area contributed by atoms with E-state index in [1.54, 1.807) is 0 Å². The molecule has 0 spiro atoms. The summed E-state index contributed by atoms with van der Waals surface area (Å²) in [5.41, 5.74) is 0.430. The second kappa shape index (κ2) is 8.82. The number of nitrogens with zero attached hydrogens (tertiary/aromatic N) is 1. The lowest BCUT2D eigenvalue weighted by atomic mass is 10.1. The van der Waals surface area contributed by atoms with Crippen molar-refractivity contribution < 1.29 is 27.5 Å². The van der Waals surface area contributed by atoms with Gasteiger partial charge in [0.15, 0.2) is 0 Å². The zero-order chi connectivity index (χ0) is 21.9. The lowest BCUT2D eigenvalue weighted by Crippen LogP contribution is -2.49. The van der Waals surface area contributed by atoms with Crippen molar-refractivity contribution in [1.82, 2.24) is 9.62 Å². The van der Waals surface area contributed by atoms with Crippen molar-refractivity contribution in [3.8, 4) is 0 Å². The van der Waals surface area contributed by atoms with E-state index in [1.807, 2.05) is 0 Å². The SMILES string of the molecule is COC(=O)c1ccc(Cl)c(NC(=O)c2cccc(S(=O)(=O)N3CCNC(=O)C3)c2)c1. The number of anilines is 1. The molecule has 158 valence electrons. The maximum atomic E-state index is 12.8. The molecular formula is C19H18ClN3O6S. The topological polar surface area (TPSA) is 122 Å². The van der Waals surface area contributed by atoms with Crippen molar-refractivity contribution in [3.05, 3.63) is 58.6 Å². The Hall–Kier alpha value is -2.95. The average Bonchev–Trinajstić information content (AvgIpc) is 2.74. The molecule has 2 N–H and O–H groups in total. The highest BCUT2D eigenvalue weighted by molar-refractivity contribution is 7.89. The Morgan fingerprint density at radius 3 is 2.63 bits per heavy atom. The first-order valence-corrected chi connectivity index (χ1v) is 10.6. The summed E-state index contributed by atoms with van der Waals surface area (Å²) >= 11 is 6.09. The lowest BCUT2D eigenvalue weighted by Gasteiger charge is -2.26. The van der Waals surface area contributed by atoms with Crippen molar-refractivity contribution in [3.63, 3.8) is 0 Å². The molecule has 0 atom stereocenters. The van der Waals surface area contributed by atoms with Crippen LogP contribution in [0.4, 0.5) is 5.69 Å². The monoisotopic (exact) mass is 451 g/mol. The molecule has 1 heterocycles. The maximum absolute atomic E-state index is 12.8. The summed E-state index contributed by atoms with van der Waals surface area (Å²) in [5, 5.41) is 5.31. The molecule has 1 saturated heterocycles. The van der Waals surface area contributed by atoms with Gasteiger partial charge >= 0.3 is 5.97 Å². The Labute approximate surface area is 178 Å². The van der Waals surface area contributed by atoms with Crippen LogP contribution in [0.5, 0.6) is 0 Å². The summed E-state index contributed by atoms with van der Waals surface area (Å²) in [5.74, 6) is -1.60. The van der Waals surface area contributed by atoms with Crippen molar-refractivity contribution in [2.24, 2.45) is 0 Å². The normalized spacial score (nSPS) is 14.7. The lowest BCUT2D eigenvalue weighted by molar-refractivity contribution is -0.122. The number of hydrogen-bond donors (Lipinski definition) is 2. The predicted molar refractivity (Wildman–Crippen MR) is 109 cm³/mol. The van der Waals surface area contributed by atoms with Gasteiger partial charge < -0.3 is 15.4 Å². The first-order chi connectivity index (χ1) is 14.2. The van der Waals surface area contributed by atoms with E-state index < -0.39 is 21.9 Å². The van der Waals surface area contributed by atoms with Crippen LogP contribution >= 0.6 is 11.6 Å². The average molecular weight is 452 g/mol. The van der Waals surface area contributed by atoms with Crippen molar-refractivity contribution >= 4 is 45.1 Å². The molecule has 0 aliphatic carbocycles. The van der Waals surface area contributed by atoms with Gasteiger partial charge in [0.05, 0.1) is 34.8 Å². The highest BCUT2D eigenvalue weighted by atomic mass is 35.5. The van der Waals surface area contributed by atoms with Crippen molar-refractivity contribution in [2.45, 2.75) is 4.90 Å². The van der Waals surface area contributed by atoms with E-state index in [0.717, 1.165) is 4.31 Å². The van der Waals surface area contributed by atoms with Gasteiger partial charge in [0.1, 0.15) is 0 Å². The Morgan fingerprint density at radius 1 is 1.17 bits per heavy atom. The molecule has 11 heteroatoms. The number of esters is 1. The molecule has 1 fully saturated rings. The maximum Gasteiger partial charge on any atom is 0.337 e. The van der Waals surface area contributed by atoms with E-state index >= 15 is 0 Å². The molecule has 2 aromatic carbocycles. The molecule has 1 aliphatic rings. The summed E-state index contributed by atoms with van der Waals surface area (Å²) in [7, 11) is -2.72. The molecule has 0 saturated carbocycles. The van der Waals surface area contributed by atoms with Crippen LogP contribution in [0.2, 0.25) is 5.02 Å². The zero-order valence-corrected chi connectivity index (χ0v) is 17.4. The summed E-state index contributed by atoms with van der Waals surface area (Å²) in [6.45, 7) is 0.0718. The quantitative estimate of drug-likeness (QED) is 0.664. The van der Waals surface area contributed by atoms with Crippen LogP contribution in [-0.4, -0.2) is 57.3 Å². The van der Waals surface area contributed by atoms with E-state index in [1.165, 1.54) is 49.6 Å². The molecule has 2 aromatic rings. The number of sulfonamides is 1. The summed E-state index contributed by atoms with van der Waals surface area (Å²) < 4.78 is 31.3. The van der Waals surface area contributed by atoms with Gasteiger partial charge in [-0.05, 0) is 36.4 Å². The minimum atomic E-state index is -3.95. The van der Waals surface area contributed by atoms with Gasteiger partial charge in [0.25, 0.3) is 5.91 Å². The molecule has 1 aliphatic heterocycles. The first kappa shape index (κ1) is 21.8. The molecule has 0 aromatic heterocycles. The van der Waals surface area contributed by atoms with Crippen LogP contribution in [-0.2, 0) is 19.6 Å². The minimum absolute atomic E-state index is 0.0667. The Morgan fingerprint density at radius 2 is 1.93 bits per heavy atom. The predicted octanol–water partition coefficient (Wildman–Crippen LogP) is 1.50. The van der Waals surface area contributed by atoms with Gasteiger partial charge in [-0.2, -0.15) is 4.31 Å². The second-order valence-corrected chi connectivity index (χ2v) is 8.70. The van der Waals surface area contributed by atoms with Crippen molar-refractivity contribution in [1.29, 1.82) is 0 Å². The van der Waals surface area contributed by atoms with Crippen LogP contribution in [0.1, 0.15) is 20.7 Å². The van der Waals surface area contributed by atoms with Crippen LogP contribution in [0.15, 0.2) is 47.4 Å². The number of halogens is 1. The van der Waals surface area contributed by atoms with Crippen LogP contribution < -0.4 is 10.6 Å². The smallest absolute Gasteiger partial charge is 0.337 e. The van der Waals surface area contributed by atoms with E-state index in [2.05, 4.69) is 15.4 Å². The number of amides is 2. The third-order valence-corrected chi connectivity index (χ3v) is 6.54. The minimum Gasteiger partial charge on any atom is -0.465 e. The highest BCUT2D eigenvalue weighted by Gasteiger charge is 2.29. The van der Waals surface area contributed by atoms with Crippen LogP contribution in [0, 0.1) is 0 Å². The van der Waals surface area contributed by atoms with E-state index in [-0.39, 0.29) is 52.3 Å². The molecule has 0 unspecified atom stereocenters. The largest absolute Gasteiger partial charge is 0.465 e. The number of benzene rings is 2. The Bertz CT molecular complexity index is 1120. The molecular weight excluding hydrogens is 434 g/mol. The van der Waals surface area contributed by atoms with Gasteiger partial charge in [0.2, 0.25) is 15.9 Å². The number of hydrogen-bond acceptors (Lipinski definition) is 6. The van der Waals surface area contributed by atoms with Crippen LogP contribution in [0.3, 0.4) is 0 Å². The fourth-order valence-corrected chi connectivity index (χ4v) is 4.44. The van der Waals surface area contributed by atoms with E-state index in [0.29, 0.717) is 0 Å². The third kappa shape index (κ3) is 4.61. The number of carbonyl (C=O) groups is 3. The zero-order valence-electron chi connectivity index (χ0n) is 15.8. The fourth-order valence-electron chi connectivity index (χ4n) is 2.83. The summed E-state index contributed by atoms with van der Waals surface area (Å²) in [6, 6.07) is 9.68. The van der Waals surface area contributed by atoms with Crippen LogP contribution in [0.25, 0.3) is 0 Å². The number of methoxy groups -OCH3 is 1. The van der Waals surface area contributed by atoms with Gasteiger partial charge in [-0.25, -0.2) is 13.2 Å². The number of piperazine rings is 1. The number of ether oxygens (including phenoxy) is 1. The Balaban J connectivity index is 1.85. The van der Waals surface area contributed by atoms with Gasteiger partial charge in [-0.1, -0.05) is 17.7 Å². The molecule has 9 nitrogen and oxygen atoms in total. The third-order valence-electron chi connectivity index (χ3n) is 4.37. The second-order valence-electron chi connectivity index (χ2n) is 6.36. The van der Waals surface area contributed by atoms with Gasteiger partial charge in [0, 0.05) is 18.7 Å². The molecule has 0 bridgehead atoms. The molecule has 3 rings (SSSR count). The fraction of sp³-hybridized carbons (Fsp3) is 0.211. The standard InChI is InChI=1S/C19H18ClN3O6S/c1-29-19(26)13-5-6-15(20)16(10-13)22-18(25)12-3-2-4-14(9-12)30(27,28)23-8-7-21-17(24)11-23/h2-6,9-10H,7-8,11H2,1H3,(H,21,24)(H,22,25). The molecule has 2 amide bonds. The highest BCUT2D eigenvalue weighted by Crippen LogP contribution is 2.25. The molecule has 0 radical (unpaired) electrons. The first-order valence-electron chi connectivity index (χ1n) is 8.78. The van der Waals surface area contributed by atoms with Gasteiger partial charge in [-0.15, -0.1) is 0 Å². The Kier molecular flexibility index (Phi) is 6.40. The van der Waals surface area contributed by atoms with E-state index in [4.69, 9.17) is 11.6 Å². The number of nitrogens with one attached hydrogen (secondary N) is 2. The van der Waals surface area contributed by atoms with E-state index in [9.17, 15) is 22.8 Å². The summed E-state index contributed by atoms with van der Waals surface area (Å²) in [4.78, 5) is 35.8. The molecule has 30 heavy (non-hydrogen) atoms.